The van der Waals surface area contributed by atoms with Crippen molar-refractivity contribution in [2.75, 3.05) is 19.5 Å². The third-order valence-electron chi connectivity index (χ3n) is 4.30. The van der Waals surface area contributed by atoms with Crippen LogP contribution in [-0.2, 0) is 13.6 Å². The lowest BCUT2D eigenvalue weighted by Gasteiger charge is -2.07. The Morgan fingerprint density at radius 1 is 1.10 bits per heavy atom. The Morgan fingerprint density at radius 2 is 2.00 bits per heavy atom. The van der Waals surface area contributed by atoms with Gasteiger partial charge in [0.1, 0.15) is 11.5 Å². The number of anilines is 1. The second-order valence-corrected chi connectivity index (χ2v) is 6.14. The van der Waals surface area contributed by atoms with Crippen LogP contribution in [0.3, 0.4) is 0 Å². The zero-order valence-electron chi connectivity index (χ0n) is 16.2. The van der Waals surface area contributed by atoms with E-state index in [1.54, 1.807) is 32.0 Å². The minimum Gasteiger partial charge on any atom is -0.497 e. The van der Waals surface area contributed by atoms with Gasteiger partial charge in [-0.15, -0.1) is 5.10 Å². The van der Waals surface area contributed by atoms with Crippen molar-refractivity contribution in [1.82, 2.24) is 30.3 Å². The molecule has 0 spiro atoms. The predicted molar refractivity (Wildman–Crippen MR) is 104 cm³/mol. The van der Waals surface area contributed by atoms with Crippen molar-refractivity contribution in [2.24, 2.45) is 7.05 Å². The number of aryl methyl sites for hydroxylation is 1. The van der Waals surface area contributed by atoms with E-state index in [4.69, 9.17) is 14.0 Å². The van der Waals surface area contributed by atoms with Gasteiger partial charge in [-0.25, -0.2) is 4.68 Å². The molecule has 148 valence electrons. The van der Waals surface area contributed by atoms with Crippen LogP contribution in [0.2, 0.25) is 0 Å². The molecule has 0 saturated carbocycles. The molecule has 0 unspecified atom stereocenters. The highest BCUT2D eigenvalue weighted by molar-refractivity contribution is 5.65. The molecule has 0 amide bonds. The van der Waals surface area contributed by atoms with Crippen molar-refractivity contribution in [3.05, 3.63) is 48.4 Å². The number of tetrazole rings is 1. The molecule has 0 aliphatic carbocycles. The normalized spacial score (nSPS) is 10.7. The number of hydrogen-bond acceptors (Lipinski definition) is 9. The van der Waals surface area contributed by atoms with Gasteiger partial charge in [0.05, 0.1) is 26.3 Å². The zero-order chi connectivity index (χ0) is 20.2. The molecule has 0 aliphatic rings. The SMILES string of the molecule is COc1ccc(-c2noc(CNc3cccc(-c4nnnn4C)c3)n2)c(OC)c1. The average Bonchev–Trinajstić information content (AvgIpc) is 3.41. The Bertz CT molecular complexity index is 1120. The molecule has 2 aromatic heterocycles. The molecule has 0 bridgehead atoms. The summed E-state index contributed by atoms with van der Waals surface area (Å²) >= 11 is 0. The van der Waals surface area contributed by atoms with Crippen LogP contribution in [0, 0.1) is 0 Å². The molecule has 29 heavy (non-hydrogen) atoms. The molecule has 0 aliphatic heterocycles. The first-order valence-electron chi connectivity index (χ1n) is 8.79. The van der Waals surface area contributed by atoms with Crippen LogP contribution in [0.5, 0.6) is 11.5 Å². The van der Waals surface area contributed by atoms with E-state index in [0.717, 1.165) is 16.8 Å². The molecule has 4 aromatic rings. The maximum atomic E-state index is 5.40. The smallest absolute Gasteiger partial charge is 0.246 e. The summed E-state index contributed by atoms with van der Waals surface area (Å²) in [5.41, 5.74) is 2.50. The predicted octanol–water partition coefficient (Wildman–Crippen LogP) is 2.56. The number of methoxy groups -OCH3 is 2. The summed E-state index contributed by atoms with van der Waals surface area (Å²) in [6.45, 7) is 0.367. The minimum atomic E-state index is 0.367. The number of nitrogens with zero attached hydrogens (tertiary/aromatic N) is 6. The molecular formula is C19H19N7O3. The van der Waals surface area contributed by atoms with Gasteiger partial charge >= 0.3 is 0 Å². The Kier molecular flexibility index (Phi) is 5.06. The third kappa shape index (κ3) is 3.86. The first kappa shape index (κ1) is 18.4. The monoisotopic (exact) mass is 393 g/mol. The molecular weight excluding hydrogens is 374 g/mol. The summed E-state index contributed by atoms with van der Waals surface area (Å²) in [7, 11) is 4.98. The summed E-state index contributed by atoms with van der Waals surface area (Å²) in [6.07, 6.45) is 0. The zero-order valence-corrected chi connectivity index (χ0v) is 16.2. The first-order chi connectivity index (χ1) is 14.2. The van der Waals surface area contributed by atoms with E-state index in [1.165, 1.54) is 0 Å². The Balaban J connectivity index is 1.49. The maximum absolute atomic E-state index is 5.40. The number of nitrogens with one attached hydrogen (secondary N) is 1. The fourth-order valence-corrected chi connectivity index (χ4v) is 2.84. The number of rotatable bonds is 7. The van der Waals surface area contributed by atoms with Crippen molar-refractivity contribution >= 4 is 5.69 Å². The standard InChI is InChI=1S/C19H19N7O3/c1-26-19(22-24-25-26)12-5-4-6-13(9-12)20-11-17-21-18(23-29-17)15-8-7-14(27-2)10-16(15)28-3/h4-10,20H,11H2,1-3H3. The average molecular weight is 393 g/mol. The quantitative estimate of drug-likeness (QED) is 0.506. The largest absolute Gasteiger partial charge is 0.497 e. The summed E-state index contributed by atoms with van der Waals surface area (Å²) in [4.78, 5) is 4.45. The Labute approximate surface area is 166 Å². The molecule has 0 radical (unpaired) electrons. The van der Waals surface area contributed by atoms with E-state index < -0.39 is 0 Å². The van der Waals surface area contributed by atoms with Crippen LogP contribution >= 0.6 is 0 Å². The van der Waals surface area contributed by atoms with Crippen molar-refractivity contribution < 1.29 is 14.0 Å². The molecule has 0 saturated heterocycles. The summed E-state index contributed by atoms with van der Waals surface area (Å²) in [6, 6.07) is 13.2. The minimum absolute atomic E-state index is 0.367. The summed E-state index contributed by atoms with van der Waals surface area (Å²) < 4.78 is 17.6. The molecule has 10 heteroatoms. The van der Waals surface area contributed by atoms with Gasteiger partial charge in [-0.3, -0.25) is 0 Å². The van der Waals surface area contributed by atoms with Gasteiger partial charge in [0.15, 0.2) is 5.82 Å². The van der Waals surface area contributed by atoms with Crippen molar-refractivity contribution in [1.29, 1.82) is 0 Å². The highest BCUT2D eigenvalue weighted by Crippen LogP contribution is 2.31. The highest BCUT2D eigenvalue weighted by Gasteiger charge is 2.14. The fourth-order valence-electron chi connectivity index (χ4n) is 2.84. The molecule has 0 atom stereocenters. The van der Waals surface area contributed by atoms with Crippen LogP contribution in [0.4, 0.5) is 5.69 Å². The number of aromatic nitrogens is 6. The molecule has 4 rings (SSSR count). The Hall–Kier alpha value is -3.95. The van der Waals surface area contributed by atoms with Crippen molar-refractivity contribution in [3.8, 4) is 34.3 Å². The van der Waals surface area contributed by atoms with Crippen LogP contribution < -0.4 is 14.8 Å². The second kappa shape index (κ2) is 7.97. The fraction of sp³-hybridized carbons (Fsp3) is 0.211. The highest BCUT2D eigenvalue weighted by atomic mass is 16.5. The second-order valence-electron chi connectivity index (χ2n) is 6.14. The van der Waals surface area contributed by atoms with E-state index in [9.17, 15) is 0 Å². The summed E-state index contributed by atoms with van der Waals surface area (Å²) in [5.74, 6) is 2.87. The number of hydrogen-bond donors (Lipinski definition) is 1. The van der Waals surface area contributed by atoms with Crippen molar-refractivity contribution in [3.63, 3.8) is 0 Å². The van der Waals surface area contributed by atoms with E-state index >= 15 is 0 Å². The molecule has 2 aromatic carbocycles. The lowest BCUT2D eigenvalue weighted by atomic mass is 10.2. The number of ether oxygens (including phenoxy) is 2. The van der Waals surface area contributed by atoms with Crippen LogP contribution in [0.25, 0.3) is 22.8 Å². The van der Waals surface area contributed by atoms with Gasteiger partial charge in [0, 0.05) is 24.4 Å². The van der Waals surface area contributed by atoms with Crippen molar-refractivity contribution in [2.45, 2.75) is 6.54 Å². The maximum Gasteiger partial charge on any atom is 0.246 e. The summed E-state index contributed by atoms with van der Waals surface area (Å²) in [5, 5.41) is 18.9. The Morgan fingerprint density at radius 3 is 2.76 bits per heavy atom. The topological polar surface area (TPSA) is 113 Å². The molecule has 2 heterocycles. The van der Waals surface area contributed by atoms with E-state index in [-0.39, 0.29) is 0 Å². The van der Waals surface area contributed by atoms with E-state index in [2.05, 4.69) is 31.0 Å². The lowest BCUT2D eigenvalue weighted by molar-refractivity contribution is 0.382. The number of benzene rings is 2. The van der Waals surface area contributed by atoms with Gasteiger partial charge < -0.3 is 19.3 Å². The van der Waals surface area contributed by atoms with Crippen LogP contribution in [0.1, 0.15) is 5.89 Å². The van der Waals surface area contributed by atoms with E-state index in [1.807, 2.05) is 36.4 Å². The van der Waals surface area contributed by atoms with Gasteiger partial charge in [-0.1, -0.05) is 17.3 Å². The van der Waals surface area contributed by atoms with Crippen LogP contribution in [0.15, 0.2) is 47.0 Å². The third-order valence-corrected chi connectivity index (χ3v) is 4.30. The van der Waals surface area contributed by atoms with Gasteiger partial charge in [0.25, 0.3) is 0 Å². The van der Waals surface area contributed by atoms with Gasteiger partial charge in [-0.05, 0) is 34.7 Å². The molecule has 0 fully saturated rings. The molecule has 10 nitrogen and oxygen atoms in total. The van der Waals surface area contributed by atoms with Gasteiger partial charge in [-0.2, -0.15) is 4.98 Å². The van der Waals surface area contributed by atoms with E-state index in [0.29, 0.717) is 35.6 Å². The lowest BCUT2D eigenvalue weighted by Crippen LogP contribution is -2.01. The molecule has 1 N–H and O–H groups in total. The first-order valence-corrected chi connectivity index (χ1v) is 8.79. The van der Waals surface area contributed by atoms with Gasteiger partial charge in [0.2, 0.25) is 11.7 Å². The van der Waals surface area contributed by atoms with Crippen LogP contribution in [-0.4, -0.2) is 44.6 Å².